The highest BCUT2D eigenvalue weighted by molar-refractivity contribution is 6.69. The zero-order valence-corrected chi connectivity index (χ0v) is 8.12. The Kier molecular flexibility index (Phi) is 4.82. The van der Waals surface area contributed by atoms with Crippen LogP contribution in [0.25, 0.3) is 0 Å². The first-order valence-electron chi connectivity index (χ1n) is 2.88. The maximum absolute atomic E-state index is 10.7. The highest BCUT2D eigenvalue weighted by atomic mass is 35.6. The van der Waals surface area contributed by atoms with Crippen LogP contribution in [0.2, 0.25) is 0 Å². The zero-order valence-electron chi connectivity index (χ0n) is 5.85. The van der Waals surface area contributed by atoms with Crippen LogP contribution in [-0.4, -0.2) is 9.58 Å². The Morgan fingerprint density at radius 3 is 2.18 bits per heavy atom. The number of carbonyl (C=O) groups excluding carboxylic acids is 1. The van der Waals surface area contributed by atoms with E-state index in [0.717, 1.165) is 0 Å². The van der Waals surface area contributed by atoms with E-state index >= 15 is 0 Å². The van der Waals surface area contributed by atoms with Gasteiger partial charge in [0.15, 0.2) is 5.78 Å². The van der Waals surface area contributed by atoms with Gasteiger partial charge in [0.1, 0.15) is 0 Å². The van der Waals surface area contributed by atoms with Crippen molar-refractivity contribution in [3.63, 3.8) is 0 Å². The van der Waals surface area contributed by atoms with Crippen molar-refractivity contribution in [3.05, 3.63) is 24.3 Å². The molecule has 0 radical (unpaired) electrons. The first-order valence-corrected chi connectivity index (χ1v) is 4.02. The molecule has 0 aromatic carbocycles. The second kappa shape index (κ2) is 4.81. The summed E-state index contributed by atoms with van der Waals surface area (Å²) in [5.41, 5.74) is 0. The van der Waals surface area contributed by atoms with E-state index in [4.69, 9.17) is 34.8 Å². The quantitative estimate of drug-likeness (QED) is 0.509. The number of hydrogen-bond acceptors (Lipinski definition) is 1. The molecule has 0 rings (SSSR count). The van der Waals surface area contributed by atoms with Gasteiger partial charge in [-0.3, -0.25) is 4.79 Å². The molecular weight excluding hydrogens is 206 g/mol. The number of ketones is 1. The third-order valence-electron chi connectivity index (χ3n) is 0.768. The summed E-state index contributed by atoms with van der Waals surface area (Å²) in [6.07, 6.45) is 5.42. The molecule has 62 valence electrons. The largest absolute Gasteiger partial charge is 0.290 e. The highest BCUT2D eigenvalue weighted by Crippen LogP contribution is 2.27. The molecule has 0 heterocycles. The molecule has 0 fully saturated rings. The van der Waals surface area contributed by atoms with E-state index in [-0.39, 0.29) is 5.78 Å². The standard InChI is InChI=1S/C7H7Cl3O/c1-2-3-6(11)4-5-7(8,9)10/h2-5H,1H3. The lowest BCUT2D eigenvalue weighted by Gasteiger charge is -2.00. The molecule has 0 saturated carbocycles. The number of halogens is 3. The van der Waals surface area contributed by atoms with E-state index in [1.807, 2.05) is 0 Å². The predicted molar refractivity (Wildman–Crippen MR) is 49.3 cm³/mol. The molecule has 0 aliphatic carbocycles. The second-order valence-electron chi connectivity index (χ2n) is 1.78. The van der Waals surface area contributed by atoms with Gasteiger partial charge < -0.3 is 0 Å². The number of rotatable bonds is 2. The smallest absolute Gasteiger partial charge is 0.209 e. The molecule has 0 bridgehead atoms. The van der Waals surface area contributed by atoms with E-state index in [1.165, 1.54) is 18.2 Å². The summed E-state index contributed by atoms with van der Waals surface area (Å²) in [4.78, 5) is 10.7. The summed E-state index contributed by atoms with van der Waals surface area (Å²) >= 11 is 16.0. The fraction of sp³-hybridized carbons (Fsp3) is 0.286. The molecule has 0 aromatic heterocycles. The van der Waals surface area contributed by atoms with Gasteiger partial charge in [0, 0.05) is 0 Å². The maximum atomic E-state index is 10.7. The summed E-state index contributed by atoms with van der Waals surface area (Å²) in [6, 6.07) is 0. The Morgan fingerprint density at radius 2 is 1.82 bits per heavy atom. The normalized spacial score (nSPS) is 13.1. The van der Waals surface area contributed by atoms with Crippen molar-refractivity contribution < 1.29 is 4.79 Å². The molecule has 4 heteroatoms. The monoisotopic (exact) mass is 212 g/mol. The van der Waals surface area contributed by atoms with Gasteiger partial charge in [-0.2, -0.15) is 0 Å². The molecule has 0 aromatic rings. The fourth-order valence-corrected chi connectivity index (χ4v) is 0.585. The van der Waals surface area contributed by atoms with Crippen molar-refractivity contribution in [1.82, 2.24) is 0 Å². The van der Waals surface area contributed by atoms with Crippen LogP contribution >= 0.6 is 34.8 Å². The zero-order chi connectivity index (χ0) is 8.91. The second-order valence-corrected chi connectivity index (χ2v) is 4.15. The Balaban J connectivity index is 4.04. The molecular formula is C7H7Cl3O. The first-order chi connectivity index (χ1) is 4.95. The summed E-state index contributed by atoms with van der Waals surface area (Å²) in [7, 11) is 0. The van der Waals surface area contributed by atoms with Gasteiger partial charge in [-0.15, -0.1) is 0 Å². The topological polar surface area (TPSA) is 17.1 Å². The average molecular weight is 213 g/mol. The lowest BCUT2D eigenvalue weighted by atomic mass is 10.3. The van der Waals surface area contributed by atoms with Gasteiger partial charge in [0.05, 0.1) is 0 Å². The molecule has 0 atom stereocenters. The van der Waals surface area contributed by atoms with Crippen molar-refractivity contribution >= 4 is 40.6 Å². The SMILES string of the molecule is CC=CC(=O)C=CC(Cl)(Cl)Cl. The molecule has 0 aliphatic heterocycles. The Morgan fingerprint density at radius 1 is 1.27 bits per heavy atom. The van der Waals surface area contributed by atoms with Crippen molar-refractivity contribution in [2.45, 2.75) is 10.7 Å². The summed E-state index contributed by atoms with van der Waals surface area (Å²) < 4.78 is -1.49. The van der Waals surface area contributed by atoms with Gasteiger partial charge in [0.25, 0.3) is 0 Å². The molecule has 0 spiro atoms. The lowest BCUT2D eigenvalue weighted by molar-refractivity contribution is -0.110. The Hall–Kier alpha value is 0.0200. The van der Waals surface area contributed by atoms with E-state index in [9.17, 15) is 4.79 Å². The minimum atomic E-state index is -1.49. The van der Waals surface area contributed by atoms with Crippen LogP contribution in [0.15, 0.2) is 24.3 Å². The minimum absolute atomic E-state index is 0.196. The summed E-state index contributed by atoms with van der Waals surface area (Å²) in [5, 5.41) is 0. The van der Waals surface area contributed by atoms with Gasteiger partial charge in [-0.25, -0.2) is 0 Å². The molecule has 0 unspecified atom stereocenters. The predicted octanol–water partition coefficient (Wildman–Crippen LogP) is 3.06. The van der Waals surface area contributed by atoms with Crippen molar-refractivity contribution in [2.75, 3.05) is 0 Å². The number of carbonyl (C=O) groups is 1. The summed E-state index contributed by atoms with van der Waals surface area (Å²) in [6.45, 7) is 1.74. The van der Waals surface area contributed by atoms with Gasteiger partial charge in [0.2, 0.25) is 3.79 Å². The molecule has 11 heavy (non-hydrogen) atoms. The molecule has 0 amide bonds. The van der Waals surface area contributed by atoms with E-state index in [2.05, 4.69) is 0 Å². The van der Waals surface area contributed by atoms with Crippen LogP contribution in [-0.2, 0) is 4.79 Å². The van der Waals surface area contributed by atoms with Crippen LogP contribution in [0.5, 0.6) is 0 Å². The fourth-order valence-electron chi connectivity index (χ4n) is 0.396. The molecule has 0 saturated heterocycles. The Labute approximate surface area is 80.6 Å². The van der Waals surface area contributed by atoms with E-state index < -0.39 is 3.79 Å². The van der Waals surface area contributed by atoms with Crippen molar-refractivity contribution in [2.24, 2.45) is 0 Å². The average Bonchev–Trinajstić information content (AvgIpc) is 1.83. The molecule has 1 nitrogen and oxygen atoms in total. The van der Waals surface area contributed by atoms with Gasteiger partial charge in [-0.1, -0.05) is 40.9 Å². The first kappa shape index (κ1) is 11.0. The van der Waals surface area contributed by atoms with Crippen molar-refractivity contribution in [3.8, 4) is 0 Å². The van der Waals surface area contributed by atoms with Crippen LogP contribution in [0, 0.1) is 0 Å². The van der Waals surface area contributed by atoms with Crippen molar-refractivity contribution in [1.29, 1.82) is 0 Å². The van der Waals surface area contributed by atoms with Crippen LogP contribution in [0.4, 0.5) is 0 Å². The minimum Gasteiger partial charge on any atom is -0.290 e. The molecule has 0 aliphatic rings. The third kappa shape index (κ3) is 7.92. The third-order valence-corrected chi connectivity index (χ3v) is 1.15. The van der Waals surface area contributed by atoms with E-state index in [0.29, 0.717) is 0 Å². The van der Waals surface area contributed by atoms with E-state index in [1.54, 1.807) is 13.0 Å². The van der Waals surface area contributed by atoms with Crippen LogP contribution in [0.3, 0.4) is 0 Å². The van der Waals surface area contributed by atoms with Gasteiger partial charge in [-0.05, 0) is 25.2 Å². The van der Waals surface area contributed by atoms with Crippen LogP contribution < -0.4 is 0 Å². The van der Waals surface area contributed by atoms with Gasteiger partial charge >= 0.3 is 0 Å². The summed E-state index contributed by atoms with van der Waals surface area (Å²) in [5.74, 6) is -0.196. The number of hydrogen-bond donors (Lipinski definition) is 0. The highest BCUT2D eigenvalue weighted by Gasteiger charge is 2.13. The lowest BCUT2D eigenvalue weighted by Crippen LogP contribution is -1.96. The number of allylic oxidation sites excluding steroid dienone is 4. The van der Waals surface area contributed by atoms with Crippen LogP contribution in [0.1, 0.15) is 6.92 Å². The maximum Gasteiger partial charge on any atom is 0.209 e. The number of alkyl halides is 3. The molecule has 0 N–H and O–H groups in total. The Bertz CT molecular complexity index is 188.